The Kier molecular flexibility index (Phi) is 4.79. The number of rotatable bonds is 5. The van der Waals surface area contributed by atoms with Gasteiger partial charge in [-0.1, -0.05) is 61.5 Å². The van der Waals surface area contributed by atoms with E-state index in [4.69, 9.17) is 0 Å². The Morgan fingerprint density at radius 1 is 1.07 bits per heavy atom. The van der Waals surface area contributed by atoms with Gasteiger partial charge in [0, 0.05) is 10.9 Å². The fourth-order valence-corrected chi connectivity index (χ4v) is 4.24. The lowest BCUT2D eigenvalue weighted by Gasteiger charge is -2.18. The summed E-state index contributed by atoms with van der Waals surface area (Å²) in [6.45, 7) is 1.70. The van der Waals surface area contributed by atoms with Gasteiger partial charge < -0.3 is 9.90 Å². The van der Waals surface area contributed by atoms with Crippen LogP contribution in [0.15, 0.2) is 71.1 Å². The topological polar surface area (TPSA) is 75.0 Å². The van der Waals surface area contributed by atoms with Crippen molar-refractivity contribution >= 4 is 27.5 Å². The molecule has 0 unspecified atom stereocenters. The Hall–Kier alpha value is -3.25. The van der Waals surface area contributed by atoms with Crippen molar-refractivity contribution in [2.75, 3.05) is 0 Å². The molecular formula is C22H17N2O3S-. The van der Waals surface area contributed by atoms with E-state index >= 15 is 0 Å². The van der Waals surface area contributed by atoms with Crippen molar-refractivity contribution in [3.05, 3.63) is 76.7 Å². The number of thiophene rings is 1. The quantitative estimate of drug-likeness (QED) is 0.524. The molecule has 2 aromatic carbocycles. The number of nitrogens with zero attached hydrogens (tertiary/aromatic N) is 2. The van der Waals surface area contributed by atoms with Gasteiger partial charge in [-0.3, -0.25) is 9.36 Å². The average molecular weight is 389 g/mol. The third-order valence-corrected chi connectivity index (χ3v) is 5.70. The number of hydrogen-bond donors (Lipinski definition) is 0. The molecule has 0 fully saturated rings. The second kappa shape index (κ2) is 7.40. The highest BCUT2D eigenvalue weighted by Gasteiger charge is 2.18. The van der Waals surface area contributed by atoms with Gasteiger partial charge in [0.15, 0.2) is 0 Å². The molecule has 2 aromatic heterocycles. The number of carbonyl (C=O) groups excluding carboxylic acids is 1. The molecule has 140 valence electrons. The molecule has 0 aliphatic heterocycles. The summed E-state index contributed by atoms with van der Waals surface area (Å²) in [4.78, 5) is 29.3. The maximum Gasteiger partial charge on any atom is 0.263 e. The zero-order valence-electron chi connectivity index (χ0n) is 15.2. The number of aromatic nitrogens is 2. The zero-order valence-corrected chi connectivity index (χ0v) is 16.0. The lowest BCUT2D eigenvalue weighted by molar-refractivity contribution is -0.310. The van der Waals surface area contributed by atoms with E-state index in [9.17, 15) is 14.7 Å². The van der Waals surface area contributed by atoms with Crippen LogP contribution in [0.25, 0.3) is 32.5 Å². The minimum atomic E-state index is -1.28. The van der Waals surface area contributed by atoms with Crippen LogP contribution in [0.4, 0.5) is 0 Å². The minimum absolute atomic E-state index is 0.251. The van der Waals surface area contributed by atoms with Crippen LogP contribution < -0.4 is 10.7 Å². The smallest absolute Gasteiger partial charge is 0.263 e. The molecule has 1 atom stereocenters. The minimum Gasteiger partial charge on any atom is -0.548 e. The van der Waals surface area contributed by atoms with E-state index in [-0.39, 0.29) is 12.0 Å². The van der Waals surface area contributed by atoms with Crippen molar-refractivity contribution in [2.24, 2.45) is 0 Å². The van der Waals surface area contributed by atoms with Gasteiger partial charge in [-0.2, -0.15) is 0 Å². The summed E-state index contributed by atoms with van der Waals surface area (Å²) in [7, 11) is 0. The fraction of sp³-hybridized carbons (Fsp3) is 0.136. The number of hydrogen-bond acceptors (Lipinski definition) is 5. The molecule has 0 N–H and O–H groups in total. The number of carboxylic acid groups (broad SMARTS) is 1. The molecule has 0 radical (unpaired) electrons. The van der Waals surface area contributed by atoms with E-state index in [2.05, 4.69) is 4.98 Å². The summed E-state index contributed by atoms with van der Waals surface area (Å²) in [5, 5.41) is 13.7. The maximum atomic E-state index is 13.0. The van der Waals surface area contributed by atoms with Crippen LogP contribution in [-0.4, -0.2) is 15.5 Å². The lowest BCUT2D eigenvalue weighted by atomic mass is 10.0. The monoisotopic (exact) mass is 389 g/mol. The number of benzene rings is 2. The third kappa shape index (κ3) is 3.12. The van der Waals surface area contributed by atoms with E-state index in [1.807, 2.05) is 60.0 Å². The van der Waals surface area contributed by atoms with Crippen molar-refractivity contribution in [3.63, 3.8) is 0 Å². The first-order valence-corrected chi connectivity index (χ1v) is 9.83. The van der Waals surface area contributed by atoms with Crippen molar-refractivity contribution in [1.82, 2.24) is 9.55 Å². The summed E-state index contributed by atoms with van der Waals surface area (Å²) in [5.41, 5.74) is 3.50. The number of fused-ring (bicyclic) bond motifs is 1. The maximum absolute atomic E-state index is 13.0. The zero-order chi connectivity index (χ0) is 19.7. The van der Waals surface area contributed by atoms with Crippen LogP contribution >= 0.6 is 11.3 Å². The van der Waals surface area contributed by atoms with Crippen molar-refractivity contribution in [3.8, 4) is 22.3 Å². The van der Waals surface area contributed by atoms with Crippen molar-refractivity contribution in [2.45, 2.75) is 19.4 Å². The standard InChI is InChI=1S/C22H18N2O3S/c1-2-18(22(26)27)24-13-23-20-19(21(24)25)17(12-28-20)16-10-8-15(9-11-16)14-6-4-3-5-7-14/h3-13,18H,2H2,1H3,(H,26,27)/p-1/t18-/m0/s1. The molecule has 0 spiro atoms. The Labute approximate surface area is 165 Å². The SMILES string of the molecule is CC[C@@H](C(=O)[O-])n1cnc2scc(-c3ccc(-c4ccccc4)cc3)c2c1=O. The van der Waals surface area contributed by atoms with Gasteiger partial charge in [0.2, 0.25) is 0 Å². The number of carboxylic acids is 1. The van der Waals surface area contributed by atoms with Crippen LogP contribution in [0.1, 0.15) is 19.4 Å². The van der Waals surface area contributed by atoms with E-state index < -0.39 is 12.0 Å². The second-order valence-corrected chi connectivity index (χ2v) is 7.33. The molecule has 2 heterocycles. The van der Waals surface area contributed by atoms with E-state index in [1.54, 1.807) is 6.92 Å². The van der Waals surface area contributed by atoms with Gasteiger partial charge in [0.05, 0.1) is 23.7 Å². The average Bonchev–Trinajstić information content (AvgIpc) is 3.16. The largest absolute Gasteiger partial charge is 0.548 e. The van der Waals surface area contributed by atoms with Gasteiger partial charge in [0.1, 0.15) is 4.83 Å². The van der Waals surface area contributed by atoms with Crippen molar-refractivity contribution < 1.29 is 9.90 Å². The van der Waals surface area contributed by atoms with Gasteiger partial charge in [-0.15, -0.1) is 11.3 Å². The molecule has 0 saturated carbocycles. The first-order valence-electron chi connectivity index (χ1n) is 8.95. The Balaban J connectivity index is 1.81. The summed E-state index contributed by atoms with van der Waals surface area (Å²) in [6.07, 6.45) is 1.55. The summed E-state index contributed by atoms with van der Waals surface area (Å²) < 4.78 is 1.16. The van der Waals surface area contributed by atoms with Crippen molar-refractivity contribution in [1.29, 1.82) is 0 Å². The molecule has 0 bridgehead atoms. The number of carbonyl (C=O) groups is 1. The highest BCUT2D eigenvalue weighted by Crippen LogP contribution is 2.32. The van der Waals surface area contributed by atoms with E-state index in [1.165, 1.54) is 17.7 Å². The molecule has 0 amide bonds. The molecule has 0 saturated heterocycles. The number of aliphatic carboxylic acids is 1. The molecule has 5 nitrogen and oxygen atoms in total. The van der Waals surface area contributed by atoms with Crippen LogP contribution in [0.3, 0.4) is 0 Å². The molecule has 4 rings (SSSR count). The van der Waals surface area contributed by atoms with Crippen LogP contribution in [0.2, 0.25) is 0 Å². The normalized spacial score (nSPS) is 12.2. The van der Waals surface area contributed by atoms with Gasteiger partial charge >= 0.3 is 0 Å². The summed E-state index contributed by atoms with van der Waals surface area (Å²) in [6, 6.07) is 17.0. The van der Waals surface area contributed by atoms with Gasteiger partial charge in [-0.25, -0.2) is 4.98 Å². The first-order chi connectivity index (χ1) is 13.6. The van der Waals surface area contributed by atoms with E-state index in [0.29, 0.717) is 10.2 Å². The van der Waals surface area contributed by atoms with Gasteiger partial charge in [-0.05, 0) is 23.1 Å². The third-order valence-electron chi connectivity index (χ3n) is 4.82. The Morgan fingerprint density at radius 2 is 1.71 bits per heavy atom. The second-order valence-electron chi connectivity index (χ2n) is 6.47. The van der Waals surface area contributed by atoms with E-state index in [0.717, 1.165) is 26.8 Å². The summed E-state index contributed by atoms with van der Waals surface area (Å²) in [5.74, 6) is -1.28. The van der Waals surface area contributed by atoms with Crippen LogP contribution in [-0.2, 0) is 4.79 Å². The Morgan fingerprint density at radius 3 is 2.36 bits per heavy atom. The molecule has 0 aliphatic rings. The van der Waals surface area contributed by atoms with Crippen LogP contribution in [0.5, 0.6) is 0 Å². The van der Waals surface area contributed by atoms with Crippen LogP contribution in [0, 0.1) is 0 Å². The highest BCUT2D eigenvalue weighted by atomic mass is 32.1. The first kappa shape index (κ1) is 18.1. The lowest BCUT2D eigenvalue weighted by Crippen LogP contribution is -2.37. The summed E-state index contributed by atoms with van der Waals surface area (Å²) >= 11 is 1.37. The fourth-order valence-electron chi connectivity index (χ4n) is 3.33. The molecular weight excluding hydrogens is 372 g/mol. The predicted octanol–water partition coefficient (Wildman–Crippen LogP) is 3.49. The van der Waals surface area contributed by atoms with Gasteiger partial charge in [0.25, 0.3) is 5.56 Å². The molecule has 0 aliphatic carbocycles. The predicted molar refractivity (Wildman–Crippen MR) is 109 cm³/mol. The highest BCUT2D eigenvalue weighted by molar-refractivity contribution is 7.17. The Bertz CT molecular complexity index is 1190. The molecule has 6 heteroatoms. The molecule has 4 aromatic rings. The molecule has 28 heavy (non-hydrogen) atoms.